The van der Waals surface area contributed by atoms with Crippen molar-refractivity contribution in [2.45, 2.75) is 19.3 Å². The summed E-state index contributed by atoms with van der Waals surface area (Å²) in [6.45, 7) is 2.47. The van der Waals surface area contributed by atoms with Crippen molar-refractivity contribution >= 4 is 33.8 Å². The van der Waals surface area contributed by atoms with Crippen LogP contribution in [0.5, 0.6) is 0 Å². The smallest absolute Gasteiger partial charge is 0.239 e. The lowest BCUT2D eigenvalue weighted by Gasteiger charge is -2.25. The first-order valence-corrected chi connectivity index (χ1v) is 9.47. The van der Waals surface area contributed by atoms with E-state index in [4.69, 9.17) is 0 Å². The standard InChI is InChI=1S/C19H20N4OS/c24-19(12-23-6-2-1-3-7-23)22-18-9-16-8-14(17-11-20-13-25-17)4-5-15(16)10-21-18/h4-5,8-11,13H,1-3,6-7,12H2,(H,21,22,24). The van der Waals surface area contributed by atoms with Crippen LogP contribution in [0.2, 0.25) is 0 Å². The minimum Gasteiger partial charge on any atom is -0.310 e. The number of carbonyl (C=O) groups is 1. The van der Waals surface area contributed by atoms with Crippen LogP contribution in [0.4, 0.5) is 5.82 Å². The Balaban J connectivity index is 1.50. The number of hydrogen-bond acceptors (Lipinski definition) is 5. The van der Waals surface area contributed by atoms with Gasteiger partial charge in [0.1, 0.15) is 5.82 Å². The average molecular weight is 352 g/mol. The molecule has 6 heteroatoms. The number of aromatic nitrogens is 2. The number of anilines is 1. The fraction of sp³-hybridized carbons (Fsp3) is 0.316. The first-order chi connectivity index (χ1) is 12.3. The van der Waals surface area contributed by atoms with Crippen LogP contribution in [0.25, 0.3) is 21.2 Å². The van der Waals surface area contributed by atoms with E-state index in [1.807, 2.05) is 24.0 Å². The second kappa shape index (κ2) is 7.29. The van der Waals surface area contributed by atoms with Gasteiger partial charge in [-0.25, -0.2) is 4.98 Å². The summed E-state index contributed by atoms with van der Waals surface area (Å²) < 4.78 is 0. The minimum atomic E-state index is 0.00682. The maximum absolute atomic E-state index is 12.3. The van der Waals surface area contributed by atoms with Gasteiger partial charge in [0.25, 0.3) is 0 Å². The summed E-state index contributed by atoms with van der Waals surface area (Å²) in [6, 6.07) is 8.18. The summed E-state index contributed by atoms with van der Waals surface area (Å²) >= 11 is 1.62. The molecule has 0 saturated carbocycles. The number of nitrogens with zero attached hydrogens (tertiary/aromatic N) is 3. The van der Waals surface area contributed by atoms with Crippen LogP contribution in [-0.4, -0.2) is 40.4 Å². The average Bonchev–Trinajstić information content (AvgIpc) is 3.16. The van der Waals surface area contributed by atoms with Crippen LogP contribution >= 0.6 is 11.3 Å². The van der Waals surface area contributed by atoms with Gasteiger partial charge in [-0.1, -0.05) is 18.6 Å². The Kier molecular flexibility index (Phi) is 4.72. The van der Waals surface area contributed by atoms with E-state index in [2.05, 4.69) is 38.4 Å². The quantitative estimate of drug-likeness (QED) is 0.776. The maximum Gasteiger partial charge on any atom is 0.239 e. The molecule has 0 unspecified atom stereocenters. The SMILES string of the molecule is O=C(CN1CCCCC1)Nc1cc2cc(-c3cncs3)ccc2cn1. The van der Waals surface area contributed by atoms with Crippen LogP contribution in [0.15, 0.2) is 42.2 Å². The Bertz CT molecular complexity index is 872. The van der Waals surface area contributed by atoms with Gasteiger partial charge in [0.2, 0.25) is 5.91 Å². The monoisotopic (exact) mass is 352 g/mol. The molecular weight excluding hydrogens is 332 g/mol. The summed E-state index contributed by atoms with van der Waals surface area (Å²) in [5, 5.41) is 5.06. The molecule has 0 spiro atoms. The van der Waals surface area contributed by atoms with Crippen molar-refractivity contribution in [1.82, 2.24) is 14.9 Å². The first-order valence-electron chi connectivity index (χ1n) is 8.59. The molecule has 25 heavy (non-hydrogen) atoms. The van der Waals surface area contributed by atoms with Gasteiger partial charge in [-0.3, -0.25) is 14.7 Å². The number of pyridine rings is 1. The minimum absolute atomic E-state index is 0.00682. The molecule has 0 bridgehead atoms. The van der Waals surface area contributed by atoms with Crippen LogP contribution in [-0.2, 0) is 4.79 Å². The highest BCUT2D eigenvalue weighted by molar-refractivity contribution is 7.13. The molecule has 0 aliphatic carbocycles. The van der Waals surface area contributed by atoms with E-state index in [9.17, 15) is 4.79 Å². The van der Waals surface area contributed by atoms with E-state index in [0.717, 1.165) is 34.3 Å². The molecule has 0 atom stereocenters. The summed E-state index contributed by atoms with van der Waals surface area (Å²) in [6.07, 6.45) is 7.31. The van der Waals surface area contributed by atoms with Gasteiger partial charge in [0.15, 0.2) is 0 Å². The van der Waals surface area contributed by atoms with Crippen LogP contribution in [0, 0.1) is 0 Å². The van der Waals surface area contributed by atoms with Crippen molar-refractivity contribution in [3.05, 3.63) is 42.2 Å². The van der Waals surface area contributed by atoms with Gasteiger partial charge in [-0.15, -0.1) is 11.3 Å². The molecule has 1 aliphatic rings. The van der Waals surface area contributed by atoms with Crippen molar-refractivity contribution in [2.24, 2.45) is 0 Å². The van der Waals surface area contributed by atoms with Crippen LogP contribution in [0.3, 0.4) is 0 Å². The van der Waals surface area contributed by atoms with Gasteiger partial charge < -0.3 is 5.32 Å². The molecule has 2 aromatic heterocycles. The summed E-state index contributed by atoms with van der Waals surface area (Å²) in [5.41, 5.74) is 2.96. The van der Waals surface area contributed by atoms with E-state index < -0.39 is 0 Å². The molecule has 0 radical (unpaired) electrons. The van der Waals surface area contributed by atoms with Crippen molar-refractivity contribution in [1.29, 1.82) is 0 Å². The molecule has 4 rings (SSSR count). The molecule has 3 aromatic rings. The number of thiazole rings is 1. The van der Waals surface area contributed by atoms with Crippen LogP contribution in [0.1, 0.15) is 19.3 Å². The molecule has 128 valence electrons. The number of hydrogen-bond donors (Lipinski definition) is 1. The number of nitrogens with one attached hydrogen (secondary N) is 1. The maximum atomic E-state index is 12.3. The van der Waals surface area contributed by atoms with E-state index in [-0.39, 0.29) is 5.91 Å². The molecule has 1 N–H and O–H groups in total. The van der Waals surface area contributed by atoms with Gasteiger partial charge >= 0.3 is 0 Å². The normalized spacial score (nSPS) is 15.4. The highest BCUT2D eigenvalue weighted by Crippen LogP contribution is 2.27. The van der Waals surface area contributed by atoms with Crippen molar-refractivity contribution in [3.63, 3.8) is 0 Å². The third-order valence-electron chi connectivity index (χ3n) is 4.52. The lowest BCUT2D eigenvalue weighted by molar-refractivity contribution is -0.117. The molecule has 3 heterocycles. The molecule has 1 saturated heterocycles. The number of benzene rings is 1. The summed E-state index contributed by atoms with van der Waals surface area (Å²) in [4.78, 5) is 24.1. The zero-order valence-corrected chi connectivity index (χ0v) is 14.8. The van der Waals surface area contributed by atoms with Crippen molar-refractivity contribution < 1.29 is 4.79 Å². The second-order valence-electron chi connectivity index (χ2n) is 6.38. The van der Waals surface area contributed by atoms with E-state index in [1.54, 1.807) is 11.3 Å². The number of likely N-dealkylation sites (tertiary alicyclic amines) is 1. The van der Waals surface area contributed by atoms with Crippen molar-refractivity contribution in [3.8, 4) is 10.4 Å². The Morgan fingerprint density at radius 3 is 2.80 bits per heavy atom. The summed E-state index contributed by atoms with van der Waals surface area (Å²) in [7, 11) is 0. The zero-order valence-electron chi connectivity index (χ0n) is 13.9. The molecule has 5 nitrogen and oxygen atoms in total. The molecule has 1 amide bonds. The third kappa shape index (κ3) is 3.86. The number of fused-ring (bicyclic) bond motifs is 1. The largest absolute Gasteiger partial charge is 0.310 e. The Hall–Kier alpha value is -2.31. The van der Waals surface area contributed by atoms with Gasteiger partial charge in [-0.05, 0) is 49.0 Å². The van der Waals surface area contributed by atoms with Crippen molar-refractivity contribution in [2.75, 3.05) is 25.0 Å². The third-order valence-corrected chi connectivity index (χ3v) is 5.34. The topological polar surface area (TPSA) is 58.1 Å². The van der Waals surface area contributed by atoms with Crippen LogP contribution < -0.4 is 5.32 Å². The fourth-order valence-electron chi connectivity index (χ4n) is 3.22. The number of amides is 1. The zero-order chi connectivity index (χ0) is 17.1. The van der Waals surface area contributed by atoms with Gasteiger partial charge in [0.05, 0.1) is 16.9 Å². The lowest BCUT2D eigenvalue weighted by atomic mass is 10.1. The number of piperidine rings is 1. The Labute approximate surface area is 150 Å². The number of rotatable bonds is 4. The fourth-order valence-corrected chi connectivity index (χ4v) is 3.84. The lowest BCUT2D eigenvalue weighted by Crippen LogP contribution is -2.36. The van der Waals surface area contributed by atoms with E-state index in [0.29, 0.717) is 12.4 Å². The van der Waals surface area contributed by atoms with E-state index >= 15 is 0 Å². The Morgan fingerprint density at radius 1 is 1.12 bits per heavy atom. The Morgan fingerprint density at radius 2 is 2.00 bits per heavy atom. The summed E-state index contributed by atoms with van der Waals surface area (Å²) in [5.74, 6) is 0.614. The predicted octanol–water partition coefficient (Wildman–Crippen LogP) is 3.78. The van der Waals surface area contributed by atoms with Gasteiger partial charge in [0, 0.05) is 17.8 Å². The van der Waals surface area contributed by atoms with E-state index in [1.165, 1.54) is 19.3 Å². The van der Waals surface area contributed by atoms with Gasteiger partial charge in [-0.2, -0.15) is 0 Å². The molecule has 1 aliphatic heterocycles. The molecular formula is C19H20N4OS. The second-order valence-corrected chi connectivity index (χ2v) is 7.27. The molecule has 1 fully saturated rings. The molecule has 1 aromatic carbocycles. The number of carbonyl (C=O) groups excluding carboxylic acids is 1. The first kappa shape index (κ1) is 16.2. The highest BCUT2D eigenvalue weighted by atomic mass is 32.1. The highest BCUT2D eigenvalue weighted by Gasteiger charge is 2.14. The predicted molar refractivity (Wildman–Crippen MR) is 102 cm³/mol.